The number of carbonyl (C=O) groups is 5. The van der Waals surface area contributed by atoms with Crippen LogP contribution >= 0.6 is 0 Å². The van der Waals surface area contributed by atoms with Gasteiger partial charge in [0.25, 0.3) is 0 Å². The van der Waals surface area contributed by atoms with Gasteiger partial charge in [-0.2, -0.15) is 0 Å². The third-order valence-corrected chi connectivity index (χ3v) is 5.75. The minimum absolute atomic E-state index is 0.000842. The van der Waals surface area contributed by atoms with E-state index in [0.29, 0.717) is 12.8 Å². The largest absolute Gasteiger partial charge is 0.481 e. The van der Waals surface area contributed by atoms with Gasteiger partial charge in [0.2, 0.25) is 23.6 Å². The van der Waals surface area contributed by atoms with Crippen LogP contribution in [0.4, 0.5) is 0 Å². The normalized spacial score (nSPS) is 15.0. The Morgan fingerprint density at radius 2 is 1.60 bits per heavy atom. The average molecular weight is 492 g/mol. The molecule has 0 aromatic heterocycles. The van der Waals surface area contributed by atoms with Gasteiger partial charge in [0.1, 0.15) is 12.8 Å². The van der Waals surface area contributed by atoms with Crippen LogP contribution in [0.3, 0.4) is 0 Å². The van der Waals surface area contributed by atoms with Gasteiger partial charge in [-0.25, -0.2) is 0 Å². The molecule has 35 heavy (non-hydrogen) atoms. The second kappa shape index (κ2) is 14.0. The summed E-state index contributed by atoms with van der Waals surface area (Å²) in [5.74, 6) is -3.11. The van der Waals surface area contributed by atoms with Crippen molar-refractivity contribution in [3.63, 3.8) is 0 Å². The number of carboxylic acid groups (broad SMARTS) is 1. The van der Waals surface area contributed by atoms with Crippen LogP contribution in [-0.4, -0.2) is 73.7 Å². The number of ether oxygens (including phenoxy) is 1. The lowest BCUT2D eigenvalue weighted by atomic mass is 9.87. The molecule has 4 amide bonds. The zero-order chi connectivity index (χ0) is 25.7. The molecule has 1 aromatic rings. The van der Waals surface area contributed by atoms with E-state index in [4.69, 9.17) is 10.5 Å². The molecular weight excluding hydrogens is 458 g/mol. The van der Waals surface area contributed by atoms with Crippen molar-refractivity contribution >= 4 is 29.6 Å². The number of carbonyl (C=O) groups excluding carboxylic acids is 4. The van der Waals surface area contributed by atoms with Crippen molar-refractivity contribution in [2.75, 3.05) is 33.0 Å². The number of aliphatic carboxylic acids is 1. The molecule has 0 spiro atoms. The van der Waals surface area contributed by atoms with Crippen LogP contribution in [0.25, 0.3) is 0 Å². The van der Waals surface area contributed by atoms with E-state index in [9.17, 15) is 29.1 Å². The molecule has 2 rings (SSSR count). The Kier molecular flexibility index (Phi) is 11.1. The van der Waals surface area contributed by atoms with Crippen molar-refractivity contribution in [2.24, 2.45) is 11.1 Å². The first kappa shape index (κ1) is 27.7. The summed E-state index contributed by atoms with van der Waals surface area (Å²) in [5, 5.41) is 19.3. The smallest absolute Gasteiger partial charge is 0.311 e. The number of hydrogen-bond acceptors (Lipinski definition) is 7. The molecule has 1 saturated carbocycles. The highest BCUT2D eigenvalue weighted by molar-refractivity contribution is 5.92. The van der Waals surface area contributed by atoms with E-state index in [-0.39, 0.29) is 39.4 Å². The lowest BCUT2D eigenvalue weighted by Crippen LogP contribution is -2.52. The Morgan fingerprint density at radius 1 is 0.943 bits per heavy atom. The lowest BCUT2D eigenvalue weighted by Gasteiger charge is -2.23. The van der Waals surface area contributed by atoms with Crippen LogP contribution in [0.2, 0.25) is 0 Å². The highest BCUT2D eigenvalue weighted by Crippen LogP contribution is 2.38. The molecule has 7 N–H and O–H groups in total. The van der Waals surface area contributed by atoms with Crippen LogP contribution in [0.1, 0.15) is 31.2 Å². The summed E-state index contributed by atoms with van der Waals surface area (Å²) in [4.78, 5) is 59.8. The van der Waals surface area contributed by atoms with Crippen LogP contribution in [0.5, 0.6) is 0 Å². The molecule has 0 bridgehead atoms. The highest BCUT2D eigenvalue weighted by atomic mass is 16.5. The van der Waals surface area contributed by atoms with Crippen molar-refractivity contribution in [1.82, 2.24) is 21.3 Å². The number of amides is 4. The van der Waals surface area contributed by atoms with Crippen molar-refractivity contribution in [3.8, 4) is 0 Å². The average Bonchev–Trinajstić information content (AvgIpc) is 3.34. The zero-order valence-electron chi connectivity index (χ0n) is 19.5. The molecule has 12 heteroatoms. The van der Waals surface area contributed by atoms with Gasteiger partial charge in [-0.05, 0) is 18.4 Å². The van der Waals surface area contributed by atoms with E-state index in [1.165, 1.54) is 0 Å². The van der Waals surface area contributed by atoms with E-state index >= 15 is 0 Å². The predicted molar refractivity (Wildman–Crippen MR) is 125 cm³/mol. The third kappa shape index (κ3) is 9.33. The van der Waals surface area contributed by atoms with Gasteiger partial charge in [-0.1, -0.05) is 43.2 Å². The monoisotopic (exact) mass is 491 g/mol. The summed E-state index contributed by atoms with van der Waals surface area (Å²) in [6.07, 6.45) is 2.90. The molecule has 0 unspecified atom stereocenters. The van der Waals surface area contributed by atoms with Crippen molar-refractivity contribution in [1.29, 1.82) is 0 Å². The number of hydrogen-bond donors (Lipinski definition) is 6. The summed E-state index contributed by atoms with van der Waals surface area (Å²) in [6.45, 7) is -1.16. The first-order valence-electron chi connectivity index (χ1n) is 11.4. The number of nitrogens with one attached hydrogen (secondary N) is 4. The van der Waals surface area contributed by atoms with Crippen LogP contribution in [0.15, 0.2) is 30.3 Å². The second-order valence-corrected chi connectivity index (χ2v) is 8.39. The topological polar surface area (TPSA) is 189 Å². The maximum atomic E-state index is 12.7. The second-order valence-electron chi connectivity index (χ2n) is 8.39. The van der Waals surface area contributed by atoms with Gasteiger partial charge in [-0.3, -0.25) is 24.0 Å². The van der Waals surface area contributed by atoms with Crippen LogP contribution in [0, 0.1) is 5.41 Å². The predicted octanol–water partition coefficient (Wildman–Crippen LogP) is -1.36. The number of nitrogens with two attached hydrogens (primary N) is 1. The lowest BCUT2D eigenvalue weighted by molar-refractivity contribution is -0.153. The van der Waals surface area contributed by atoms with Gasteiger partial charge < -0.3 is 36.8 Å². The molecule has 1 fully saturated rings. The summed E-state index contributed by atoms with van der Waals surface area (Å²) >= 11 is 0. The van der Waals surface area contributed by atoms with E-state index in [1.54, 1.807) is 24.3 Å². The van der Waals surface area contributed by atoms with E-state index < -0.39 is 41.1 Å². The minimum Gasteiger partial charge on any atom is -0.481 e. The summed E-state index contributed by atoms with van der Waals surface area (Å²) < 4.78 is 5.37. The van der Waals surface area contributed by atoms with Crippen molar-refractivity contribution in [2.45, 2.75) is 38.1 Å². The number of benzene rings is 1. The minimum atomic E-state index is -0.985. The Morgan fingerprint density at radius 3 is 2.23 bits per heavy atom. The molecule has 0 heterocycles. The van der Waals surface area contributed by atoms with Crippen LogP contribution in [-0.2, 0) is 35.1 Å². The summed E-state index contributed by atoms with van der Waals surface area (Å²) in [6, 6.07) is 8.00. The molecule has 0 saturated heterocycles. The molecule has 1 atom stereocenters. The summed E-state index contributed by atoms with van der Waals surface area (Å²) in [5.41, 5.74) is 5.07. The molecule has 1 aliphatic carbocycles. The molecular formula is C23H33N5O7. The van der Waals surface area contributed by atoms with Crippen molar-refractivity contribution < 1.29 is 33.8 Å². The Labute approximate surface area is 203 Å². The van der Waals surface area contributed by atoms with E-state index in [2.05, 4.69) is 21.3 Å². The molecule has 12 nitrogen and oxygen atoms in total. The zero-order valence-corrected chi connectivity index (χ0v) is 19.5. The third-order valence-electron chi connectivity index (χ3n) is 5.75. The Balaban J connectivity index is 1.81. The Bertz CT molecular complexity index is 888. The SMILES string of the molecule is NCC(=O)NCC(=O)N[C@@H](Cc1ccccc1)C(=O)NCC(=O)NCOCC1(C(=O)O)CCCC1. The fraction of sp³-hybridized carbons (Fsp3) is 0.522. The van der Waals surface area contributed by atoms with Gasteiger partial charge >= 0.3 is 5.97 Å². The molecule has 0 aliphatic heterocycles. The maximum Gasteiger partial charge on any atom is 0.311 e. The molecule has 1 aromatic carbocycles. The van der Waals surface area contributed by atoms with Gasteiger partial charge in [0.15, 0.2) is 0 Å². The van der Waals surface area contributed by atoms with Gasteiger partial charge in [0, 0.05) is 6.42 Å². The fourth-order valence-electron chi connectivity index (χ4n) is 3.76. The van der Waals surface area contributed by atoms with Gasteiger partial charge in [0.05, 0.1) is 31.7 Å². The van der Waals surface area contributed by atoms with E-state index in [1.807, 2.05) is 6.07 Å². The van der Waals surface area contributed by atoms with Crippen LogP contribution < -0.4 is 27.0 Å². The molecule has 0 radical (unpaired) electrons. The quantitative estimate of drug-likeness (QED) is 0.136. The molecule has 1 aliphatic rings. The first-order chi connectivity index (χ1) is 16.8. The standard InChI is InChI=1S/C23H33N5O7/c24-11-18(29)25-13-20(31)28-17(10-16-6-2-1-3-7-16)21(32)26-12-19(30)27-15-35-14-23(22(33)34)8-4-5-9-23/h1-3,6-7,17H,4-5,8-15,24H2,(H,25,29)(H,26,32)(H,27,30)(H,28,31)(H,33,34)/t17-/m0/s1. The van der Waals surface area contributed by atoms with Gasteiger partial charge in [-0.15, -0.1) is 0 Å². The highest BCUT2D eigenvalue weighted by Gasteiger charge is 2.41. The maximum absolute atomic E-state index is 12.7. The molecule has 192 valence electrons. The first-order valence-corrected chi connectivity index (χ1v) is 11.4. The van der Waals surface area contributed by atoms with Crippen molar-refractivity contribution in [3.05, 3.63) is 35.9 Å². The number of rotatable bonds is 14. The summed E-state index contributed by atoms with van der Waals surface area (Å²) in [7, 11) is 0. The fourth-order valence-corrected chi connectivity index (χ4v) is 3.76. The van der Waals surface area contributed by atoms with E-state index in [0.717, 1.165) is 18.4 Å². The number of carboxylic acids is 1. The Hall–Kier alpha value is -3.51.